The maximum atomic E-state index is 2.50. The minimum atomic E-state index is -0.0846. The van der Waals surface area contributed by atoms with Crippen LogP contribution in [0.5, 0.6) is 0 Å². The van der Waals surface area contributed by atoms with Gasteiger partial charge in [-0.1, -0.05) is 167 Å². The van der Waals surface area contributed by atoms with Crippen LogP contribution in [0.15, 0.2) is 176 Å². The van der Waals surface area contributed by atoms with E-state index < -0.39 is 0 Å². The molecule has 56 heavy (non-hydrogen) atoms. The van der Waals surface area contributed by atoms with Gasteiger partial charge in [-0.15, -0.1) is 11.3 Å². The molecule has 0 atom stereocenters. The fraction of sp³-hybridized carbons (Fsp3) is 0.111. The van der Waals surface area contributed by atoms with Gasteiger partial charge in [0.2, 0.25) is 0 Å². The Balaban J connectivity index is 1.16. The number of hydrogen-bond donors (Lipinski definition) is 0. The highest BCUT2D eigenvalue weighted by Crippen LogP contribution is 2.55. The summed E-state index contributed by atoms with van der Waals surface area (Å²) in [7, 11) is 0. The standard InChI is InChI=1S/C54H41NS/c1-53(2)45-25-9-5-18-38(45)44-33-36(30-31-47(44)53)55(35-17-13-16-34(32-35)37-22-14-24-42-40-20-8-12-29-50(40)56-52(37)42)49-28-11-7-19-39(49)41-23-15-27-48-51(41)43-21-6-10-26-46(43)54(48,3)4/h5-33H,1-4H3. The highest BCUT2D eigenvalue weighted by Gasteiger charge is 2.38. The maximum Gasteiger partial charge on any atom is 0.0540 e. The molecule has 268 valence electrons. The largest absolute Gasteiger partial charge is 0.310 e. The van der Waals surface area contributed by atoms with Crippen LogP contribution in [0.1, 0.15) is 49.9 Å². The van der Waals surface area contributed by atoms with Crippen LogP contribution in [0.2, 0.25) is 0 Å². The second-order valence-corrected chi connectivity index (χ2v) is 17.5. The second-order valence-electron chi connectivity index (χ2n) is 16.5. The van der Waals surface area contributed by atoms with Gasteiger partial charge in [0.25, 0.3) is 0 Å². The monoisotopic (exact) mass is 735 g/mol. The molecule has 2 heteroatoms. The summed E-state index contributed by atoms with van der Waals surface area (Å²) in [5, 5.41) is 2.64. The quantitative estimate of drug-likeness (QED) is 0.170. The molecule has 0 saturated heterocycles. The minimum absolute atomic E-state index is 0.0686. The van der Waals surface area contributed by atoms with Crippen molar-refractivity contribution in [3.05, 3.63) is 198 Å². The normalized spacial score (nSPS) is 14.4. The Hall–Kier alpha value is -6.22. The molecule has 9 aromatic rings. The number of anilines is 3. The molecule has 1 aromatic heterocycles. The molecule has 0 unspecified atom stereocenters. The second kappa shape index (κ2) is 12.1. The third kappa shape index (κ3) is 4.72. The number of benzene rings is 8. The predicted octanol–water partition coefficient (Wildman–Crippen LogP) is 15.5. The van der Waals surface area contributed by atoms with Gasteiger partial charge >= 0.3 is 0 Å². The summed E-state index contributed by atoms with van der Waals surface area (Å²) in [5.74, 6) is 0. The molecule has 0 bridgehead atoms. The van der Waals surface area contributed by atoms with Crippen molar-refractivity contribution in [2.75, 3.05) is 4.90 Å². The summed E-state index contributed by atoms with van der Waals surface area (Å²) in [6.45, 7) is 9.45. The van der Waals surface area contributed by atoms with Crippen LogP contribution in [0.25, 0.3) is 64.7 Å². The molecular formula is C54H41NS. The van der Waals surface area contributed by atoms with E-state index in [1.54, 1.807) is 0 Å². The highest BCUT2D eigenvalue weighted by atomic mass is 32.1. The van der Waals surface area contributed by atoms with Crippen molar-refractivity contribution in [1.29, 1.82) is 0 Å². The molecule has 2 aliphatic rings. The smallest absolute Gasteiger partial charge is 0.0540 e. The first-order valence-corrected chi connectivity index (χ1v) is 20.5. The first-order valence-electron chi connectivity index (χ1n) is 19.7. The fourth-order valence-corrected chi connectivity index (χ4v) is 11.2. The van der Waals surface area contributed by atoms with E-state index in [0.29, 0.717) is 0 Å². The van der Waals surface area contributed by atoms with E-state index in [9.17, 15) is 0 Å². The van der Waals surface area contributed by atoms with E-state index in [1.165, 1.54) is 86.9 Å². The molecule has 8 aromatic carbocycles. The molecule has 1 heterocycles. The first kappa shape index (κ1) is 33.1. The van der Waals surface area contributed by atoms with Crippen molar-refractivity contribution >= 4 is 48.6 Å². The Morgan fingerprint density at radius 2 is 0.964 bits per heavy atom. The van der Waals surface area contributed by atoms with Crippen molar-refractivity contribution in [2.45, 2.75) is 38.5 Å². The Kier molecular flexibility index (Phi) is 7.18. The third-order valence-corrected chi connectivity index (χ3v) is 13.9. The Morgan fingerprint density at radius 1 is 0.393 bits per heavy atom. The highest BCUT2D eigenvalue weighted by molar-refractivity contribution is 7.26. The van der Waals surface area contributed by atoms with Gasteiger partial charge < -0.3 is 4.90 Å². The fourth-order valence-electron chi connectivity index (χ4n) is 9.94. The summed E-state index contributed by atoms with van der Waals surface area (Å²) in [6, 6.07) is 65.8. The molecule has 0 aliphatic heterocycles. The Morgan fingerprint density at radius 3 is 1.82 bits per heavy atom. The van der Waals surface area contributed by atoms with Gasteiger partial charge in [0.1, 0.15) is 0 Å². The molecule has 0 amide bonds. The lowest BCUT2D eigenvalue weighted by Crippen LogP contribution is -2.16. The number of rotatable bonds is 5. The van der Waals surface area contributed by atoms with Gasteiger partial charge in [0.05, 0.1) is 5.69 Å². The van der Waals surface area contributed by atoms with E-state index in [4.69, 9.17) is 0 Å². The summed E-state index contributed by atoms with van der Waals surface area (Å²) >= 11 is 1.89. The van der Waals surface area contributed by atoms with E-state index in [1.807, 2.05) is 11.3 Å². The Labute approximate surface area is 333 Å². The summed E-state index contributed by atoms with van der Waals surface area (Å²) < 4.78 is 2.65. The van der Waals surface area contributed by atoms with Crippen LogP contribution in [0.3, 0.4) is 0 Å². The molecule has 0 spiro atoms. The lowest BCUT2D eigenvalue weighted by Gasteiger charge is -2.30. The first-order chi connectivity index (χ1) is 27.3. The zero-order valence-corrected chi connectivity index (χ0v) is 32.9. The predicted molar refractivity (Wildman–Crippen MR) is 240 cm³/mol. The summed E-state index contributed by atoms with van der Waals surface area (Å²) in [4.78, 5) is 2.50. The molecule has 0 N–H and O–H groups in total. The molecule has 2 aliphatic carbocycles. The van der Waals surface area contributed by atoms with Crippen LogP contribution in [-0.2, 0) is 10.8 Å². The number of nitrogens with zero attached hydrogens (tertiary/aromatic N) is 1. The SMILES string of the molecule is CC1(C)c2ccccc2-c2cc(N(c3cccc(-c4cccc5c4sc4ccccc45)c3)c3ccccc3-c3cccc4c3-c3ccccc3C4(C)C)ccc21. The molecule has 0 saturated carbocycles. The van der Waals surface area contributed by atoms with Gasteiger partial charge in [-0.2, -0.15) is 0 Å². The molecular weight excluding hydrogens is 695 g/mol. The Bertz CT molecular complexity index is 3050. The average Bonchev–Trinajstić information content (AvgIpc) is 3.81. The topological polar surface area (TPSA) is 3.24 Å². The summed E-state index contributed by atoms with van der Waals surface area (Å²) in [5.41, 5.74) is 19.1. The van der Waals surface area contributed by atoms with Crippen LogP contribution in [-0.4, -0.2) is 0 Å². The van der Waals surface area contributed by atoms with Gasteiger partial charge in [0, 0.05) is 47.9 Å². The van der Waals surface area contributed by atoms with Crippen LogP contribution < -0.4 is 4.90 Å². The third-order valence-electron chi connectivity index (χ3n) is 12.7. The molecule has 11 rings (SSSR count). The molecule has 0 fully saturated rings. The number of para-hydroxylation sites is 1. The van der Waals surface area contributed by atoms with Crippen LogP contribution in [0, 0.1) is 0 Å². The van der Waals surface area contributed by atoms with Crippen molar-refractivity contribution in [1.82, 2.24) is 0 Å². The van der Waals surface area contributed by atoms with Crippen molar-refractivity contribution < 1.29 is 0 Å². The lowest BCUT2D eigenvalue weighted by atomic mass is 9.82. The van der Waals surface area contributed by atoms with E-state index in [0.717, 1.165) is 17.1 Å². The lowest BCUT2D eigenvalue weighted by molar-refractivity contribution is 0.660. The zero-order valence-electron chi connectivity index (χ0n) is 32.1. The van der Waals surface area contributed by atoms with Crippen molar-refractivity contribution in [3.63, 3.8) is 0 Å². The molecule has 1 nitrogen and oxygen atoms in total. The van der Waals surface area contributed by atoms with E-state index in [2.05, 4.69) is 209 Å². The van der Waals surface area contributed by atoms with Crippen LogP contribution in [0.4, 0.5) is 17.1 Å². The summed E-state index contributed by atoms with van der Waals surface area (Å²) in [6.07, 6.45) is 0. The van der Waals surface area contributed by atoms with Crippen molar-refractivity contribution in [3.8, 4) is 44.5 Å². The van der Waals surface area contributed by atoms with Crippen molar-refractivity contribution in [2.24, 2.45) is 0 Å². The van der Waals surface area contributed by atoms with E-state index in [-0.39, 0.29) is 10.8 Å². The van der Waals surface area contributed by atoms with Gasteiger partial charge in [-0.25, -0.2) is 0 Å². The number of thiophene rings is 1. The minimum Gasteiger partial charge on any atom is -0.310 e. The average molecular weight is 736 g/mol. The van der Waals surface area contributed by atoms with Gasteiger partial charge in [0.15, 0.2) is 0 Å². The number of hydrogen-bond acceptors (Lipinski definition) is 2. The molecule has 0 radical (unpaired) electrons. The van der Waals surface area contributed by atoms with Gasteiger partial charge in [-0.3, -0.25) is 0 Å². The zero-order chi connectivity index (χ0) is 37.8. The van der Waals surface area contributed by atoms with Crippen LogP contribution >= 0.6 is 11.3 Å². The number of fused-ring (bicyclic) bond motifs is 9. The maximum absolute atomic E-state index is 2.50. The van der Waals surface area contributed by atoms with Gasteiger partial charge in [-0.05, 0) is 97.6 Å². The van der Waals surface area contributed by atoms with E-state index >= 15 is 0 Å².